The topological polar surface area (TPSA) is 12.9 Å². The summed E-state index contributed by atoms with van der Waals surface area (Å²) in [5, 5.41) is 7.75. The van der Waals surface area contributed by atoms with Crippen molar-refractivity contribution in [3.8, 4) is 11.1 Å². The second kappa shape index (κ2) is 7.72. The smallest absolute Gasteiger partial charge is 0.0353 e. The van der Waals surface area contributed by atoms with Gasteiger partial charge in [0.2, 0.25) is 0 Å². The molecule has 4 aromatic carbocycles. The molecule has 148 valence electrons. The van der Waals surface area contributed by atoms with Crippen molar-refractivity contribution >= 4 is 45.5 Å². The van der Waals surface area contributed by atoms with Crippen LogP contribution in [0, 0.1) is 0 Å². The Bertz CT molecular complexity index is 1550. The first kappa shape index (κ1) is 18.4. The van der Waals surface area contributed by atoms with Crippen LogP contribution in [0.4, 0.5) is 0 Å². The average Bonchev–Trinajstić information content (AvgIpc) is 2.84. The highest BCUT2D eigenvalue weighted by molar-refractivity contribution is 7.99. The summed E-state index contributed by atoms with van der Waals surface area (Å²) in [6, 6.07) is 28.2. The number of pyridine rings is 1. The molecule has 31 heavy (non-hydrogen) atoms. The van der Waals surface area contributed by atoms with E-state index in [1.807, 2.05) is 24.2 Å². The van der Waals surface area contributed by atoms with Crippen molar-refractivity contribution in [3.05, 3.63) is 102 Å². The molecule has 5 aromatic rings. The van der Waals surface area contributed by atoms with Gasteiger partial charge in [-0.2, -0.15) is 0 Å². The Morgan fingerprint density at radius 3 is 2.32 bits per heavy atom. The molecule has 0 spiro atoms. The van der Waals surface area contributed by atoms with E-state index in [9.17, 15) is 0 Å². The molecule has 0 aliphatic heterocycles. The molecule has 0 amide bonds. The van der Waals surface area contributed by atoms with E-state index in [-0.39, 0.29) is 0 Å². The predicted octanol–water partition coefficient (Wildman–Crippen LogP) is 6.56. The van der Waals surface area contributed by atoms with Gasteiger partial charge in [-0.1, -0.05) is 78.5 Å². The van der Waals surface area contributed by atoms with Crippen LogP contribution in [-0.2, 0) is 0 Å². The summed E-state index contributed by atoms with van der Waals surface area (Å²) in [7, 11) is 0. The molecule has 0 bridgehead atoms. The highest BCUT2D eigenvalue weighted by Gasteiger charge is 2.16. The third-order valence-corrected chi connectivity index (χ3v) is 7.16. The number of hydrogen-bond acceptors (Lipinski definition) is 2. The van der Waals surface area contributed by atoms with Gasteiger partial charge in [-0.25, -0.2) is 0 Å². The Morgan fingerprint density at radius 2 is 1.45 bits per heavy atom. The highest BCUT2D eigenvalue weighted by atomic mass is 32.2. The molecule has 0 fully saturated rings. The summed E-state index contributed by atoms with van der Waals surface area (Å²) in [6.07, 6.45) is 11.0. The number of nitrogens with zero attached hydrogens (tertiary/aromatic N) is 1. The van der Waals surface area contributed by atoms with Crippen molar-refractivity contribution in [3.63, 3.8) is 0 Å². The predicted molar refractivity (Wildman–Crippen MR) is 133 cm³/mol. The molecule has 0 radical (unpaired) electrons. The molecule has 1 aromatic heterocycles. The third-order valence-electron chi connectivity index (χ3n) is 6.00. The molecule has 6 rings (SSSR count). The fourth-order valence-electron chi connectivity index (χ4n) is 4.58. The van der Waals surface area contributed by atoms with Crippen LogP contribution in [0.5, 0.6) is 0 Å². The zero-order valence-electron chi connectivity index (χ0n) is 17.1. The van der Waals surface area contributed by atoms with Crippen LogP contribution in [0.3, 0.4) is 0 Å². The maximum atomic E-state index is 4.53. The molecule has 0 saturated carbocycles. The Morgan fingerprint density at radius 1 is 0.677 bits per heavy atom. The van der Waals surface area contributed by atoms with Gasteiger partial charge in [0.05, 0.1) is 0 Å². The van der Waals surface area contributed by atoms with Crippen LogP contribution in [-0.4, -0.2) is 4.98 Å². The van der Waals surface area contributed by atoms with E-state index in [0.29, 0.717) is 0 Å². The molecular formula is C29H21NS. The van der Waals surface area contributed by atoms with Crippen LogP contribution < -0.4 is 10.4 Å². The highest BCUT2D eigenvalue weighted by Crippen LogP contribution is 2.35. The summed E-state index contributed by atoms with van der Waals surface area (Å²) in [6.45, 7) is 0. The van der Waals surface area contributed by atoms with Gasteiger partial charge < -0.3 is 0 Å². The van der Waals surface area contributed by atoms with Crippen molar-refractivity contribution < 1.29 is 0 Å². The van der Waals surface area contributed by atoms with Gasteiger partial charge in [-0.05, 0) is 74.8 Å². The van der Waals surface area contributed by atoms with Crippen LogP contribution in [0.25, 0.3) is 44.8 Å². The average molecular weight is 416 g/mol. The van der Waals surface area contributed by atoms with Crippen molar-refractivity contribution in [1.82, 2.24) is 4.98 Å². The fourth-order valence-corrected chi connectivity index (χ4v) is 5.70. The van der Waals surface area contributed by atoms with Gasteiger partial charge in [0, 0.05) is 27.6 Å². The first-order valence-electron chi connectivity index (χ1n) is 10.7. The molecular weight excluding hydrogens is 394 g/mol. The summed E-state index contributed by atoms with van der Waals surface area (Å²) in [5.41, 5.74) is 2.56. The van der Waals surface area contributed by atoms with Crippen molar-refractivity contribution in [2.45, 2.75) is 22.6 Å². The molecule has 1 heterocycles. The normalized spacial score (nSPS) is 12.9. The van der Waals surface area contributed by atoms with Gasteiger partial charge in [0.25, 0.3) is 0 Å². The van der Waals surface area contributed by atoms with E-state index >= 15 is 0 Å². The summed E-state index contributed by atoms with van der Waals surface area (Å²) < 4.78 is 0. The minimum Gasteiger partial charge on any atom is -0.264 e. The maximum absolute atomic E-state index is 4.53. The first-order chi connectivity index (χ1) is 15.4. The zero-order valence-corrected chi connectivity index (χ0v) is 17.9. The van der Waals surface area contributed by atoms with Crippen LogP contribution >= 0.6 is 11.8 Å². The van der Waals surface area contributed by atoms with Gasteiger partial charge in [0.1, 0.15) is 0 Å². The molecule has 0 atom stereocenters. The lowest BCUT2D eigenvalue weighted by Gasteiger charge is -2.17. The summed E-state index contributed by atoms with van der Waals surface area (Å²) in [4.78, 5) is 7.12. The van der Waals surface area contributed by atoms with Gasteiger partial charge in [-0.15, -0.1) is 0 Å². The zero-order chi connectivity index (χ0) is 20.6. The van der Waals surface area contributed by atoms with Gasteiger partial charge in [-0.3, -0.25) is 4.98 Å². The minimum absolute atomic E-state index is 1.08. The second-order valence-electron chi connectivity index (χ2n) is 7.92. The first-order valence-corrected chi connectivity index (χ1v) is 11.5. The lowest BCUT2D eigenvalue weighted by atomic mass is 9.92. The standard InChI is InChI=1S/C29H21NS/c1-2-10-23(11-3-1)31-29-25-13-7-6-12-24(25)28(27-19-30-17-16-26(27)29)22-15-14-20-8-4-5-9-21(20)18-22/h1-5,8-19H,6-7H2. The SMILES string of the molecule is C1=c2c(Sc3ccccc3)c3ccncc3c(-c3ccc4ccccc4c3)c2=CCC1. The maximum Gasteiger partial charge on any atom is 0.0353 e. The van der Waals surface area contributed by atoms with Crippen molar-refractivity contribution in [1.29, 1.82) is 0 Å². The third kappa shape index (κ3) is 3.24. The molecule has 1 aliphatic rings. The molecule has 1 aliphatic carbocycles. The van der Waals surface area contributed by atoms with E-state index in [4.69, 9.17) is 0 Å². The van der Waals surface area contributed by atoms with Crippen LogP contribution in [0.15, 0.2) is 101 Å². The Balaban J connectivity index is 1.69. The van der Waals surface area contributed by atoms with Crippen LogP contribution in [0.2, 0.25) is 0 Å². The van der Waals surface area contributed by atoms with Crippen molar-refractivity contribution in [2.24, 2.45) is 0 Å². The van der Waals surface area contributed by atoms with Crippen molar-refractivity contribution in [2.75, 3.05) is 0 Å². The van der Waals surface area contributed by atoms with E-state index in [2.05, 4.69) is 96.0 Å². The minimum atomic E-state index is 1.08. The Hall–Kier alpha value is -3.36. The number of aromatic nitrogens is 1. The number of benzene rings is 4. The molecule has 0 unspecified atom stereocenters. The number of fused-ring (bicyclic) bond motifs is 3. The van der Waals surface area contributed by atoms with E-state index in [1.54, 1.807) is 0 Å². The van der Waals surface area contributed by atoms with E-state index < -0.39 is 0 Å². The number of rotatable bonds is 3. The number of hydrogen-bond donors (Lipinski definition) is 0. The lowest BCUT2D eigenvalue weighted by molar-refractivity contribution is 1.10. The summed E-state index contributed by atoms with van der Waals surface area (Å²) >= 11 is 1.86. The largest absolute Gasteiger partial charge is 0.264 e. The molecule has 0 N–H and O–H groups in total. The fraction of sp³-hybridized carbons (Fsp3) is 0.0690. The van der Waals surface area contributed by atoms with Crippen LogP contribution in [0.1, 0.15) is 12.8 Å². The Kier molecular flexibility index (Phi) is 4.58. The van der Waals surface area contributed by atoms with E-state index in [0.717, 1.165) is 12.8 Å². The van der Waals surface area contributed by atoms with Gasteiger partial charge in [0.15, 0.2) is 0 Å². The lowest BCUT2D eigenvalue weighted by Crippen LogP contribution is -2.31. The quantitative estimate of drug-likeness (QED) is 0.331. The second-order valence-corrected chi connectivity index (χ2v) is 9.00. The molecule has 1 nitrogen and oxygen atoms in total. The van der Waals surface area contributed by atoms with Gasteiger partial charge >= 0.3 is 0 Å². The van der Waals surface area contributed by atoms with E-state index in [1.165, 1.54) is 52.9 Å². The monoisotopic (exact) mass is 415 g/mol. The Labute approximate surface area is 185 Å². The summed E-state index contributed by atoms with van der Waals surface area (Å²) in [5.74, 6) is 0. The molecule has 2 heteroatoms. The molecule has 0 saturated heterocycles.